The first-order valence-electron chi connectivity index (χ1n) is 6.28. The van der Waals surface area contributed by atoms with Crippen molar-refractivity contribution in [3.05, 3.63) is 65.3 Å². The highest BCUT2D eigenvalue weighted by Gasteiger charge is 2.18. The molecule has 5 heteroatoms. The fraction of sp³-hybridized carbons (Fsp3) is 0.125. The summed E-state index contributed by atoms with van der Waals surface area (Å²) in [7, 11) is 1.31. The second-order valence-corrected chi connectivity index (χ2v) is 4.58. The van der Waals surface area contributed by atoms with Crippen molar-refractivity contribution in [2.24, 2.45) is 0 Å². The van der Waals surface area contributed by atoms with E-state index in [4.69, 9.17) is 21.1 Å². The Hall–Kier alpha value is -2.33. The van der Waals surface area contributed by atoms with Crippen LogP contribution in [0.1, 0.15) is 5.56 Å². The smallest absolute Gasteiger partial charge is 0.351 e. The molecule has 1 atom stereocenters. The summed E-state index contributed by atoms with van der Waals surface area (Å²) in [4.78, 5) is 15.7. The molecule has 0 N–H and O–H groups in total. The molecular formula is C16H14ClNO3. The number of carbonyl (C=O) groups excluding carboxylic acids is 1. The molecule has 1 heterocycles. The van der Waals surface area contributed by atoms with E-state index >= 15 is 0 Å². The topological polar surface area (TPSA) is 48.4 Å². The van der Waals surface area contributed by atoms with Gasteiger partial charge in [-0.25, -0.2) is 9.78 Å². The first-order valence-corrected chi connectivity index (χ1v) is 6.66. The molecule has 1 unspecified atom stereocenters. The summed E-state index contributed by atoms with van der Waals surface area (Å²) in [6, 6.07) is 12.8. The highest BCUT2D eigenvalue weighted by Crippen LogP contribution is 2.14. The molecule has 0 bridgehead atoms. The van der Waals surface area contributed by atoms with Crippen molar-refractivity contribution in [3.63, 3.8) is 0 Å². The molecule has 21 heavy (non-hydrogen) atoms. The highest BCUT2D eigenvalue weighted by atomic mass is 35.5. The van der Waals surface area contributed by atoms with E-state index in [2.05, 4.69) is 4.98 Å². The Morgan fingerprint density at radius 3 is 2.62 bits per heavy atom. The molecule has 0 saturated carbocycles. The van der Waals surface area contributed by atoms with Gasteiger partial charge in [-0.05, 0) is 17.7 Å². The number of ether oxygens (including phenoxy) is 2. The van der Waals surface area contributed by atoms with Crippen molar-refractivity contribution < 1.29 is 14.3 Å². The molecule has 0 radical (unpaired) electrons. The lowest BCUT2D eigenvalue weighted by molar-refractivity contribution is -0.146. The molecule has 4 nitrogen and oxygen atoms in total. The van der Waals surface area contributed by atoms with Crippen LogP contribution in [0.5, 0.6) is 5.88 Å². The second kappa shape index (κ2) is 7.45. The maximum absolute atomic E-state index is 11.8. The summed E-state index contributed by atoms with van der Waals surface area (Å²) in [6.07, 6.45) is 3.99. The van der Waals surface area contributed by atoms with Gasteiger partial charge in [-0.2, -0.15) is 0 Å². The van der Waals surface area contributed by atoms with Crippen LogP contribution >= 0.6 is 11.6 Å². The number of carbonyl (C=O) groups is 1. The van der Waals surface area contributed by atoms with E-state index < -0.39 is 12.1 Å². The Morgan fingerprint density at radius 1 is 1.24 bits per heavy atom. The lowest BCUT2D eigenvalue weighted by atomic mass is 10.2. The third-order valence-electron chi connectivity index (χ3n) is 2.64. The average molecular weight is 304 g/mol. The second-order valence-electron chi connectivity index (χ2n) is 4.15. The minimum Gasteiger partial charge on any atom is -0.466 e. The standard InChI is InChI=1S/C16H14ClNO3/c1-20-16(19)14(9-7-12-5-3-2-4-6-12)21-15-10-8-13(17)11-18-15/h2-11,14H,1H3/b9-7+. The molecule has 0 aliphatic heterocycles. The van der Waals surface area contributed by atoms with Gasteiger partial charge in [0, 0.05) is 12.3 Å². The van der Waals surface area contributed by atoms with Gasteiger partial charge in [-0.1, -0.05) is 48.0 Å². The minimum atomic E-state index is -0.871. The Labute approximate surface area is 128 Å². The molecule has 2 rings (SSSR count). The van der Waals surface area contributed by atoms with Gasteiger partial charge in [0.1, 0.15) is 0 Å². The lowest BCUT2D eigenvalue weighted by Crippen LogP contribution is -2.26. The quantitative estimate of drug-likeness (QED) is 0.795. The third kappa shape index (κ3) is 4.61. The first kappa shape index (κ1) is 15.1. The fourth-order valence-corrected chi connectivity index (χ4v) is 1.72. The van der Waals surface area contributed by atoms with Gasteiger partial charge >= 0.3 is 5.97 Å². The number of aromatic nitrogens is 1. The summed E-state index contributed by atoms with van der Waals surface area (Å²) in [5.74, 6) is -0.202. The van der Waals surface area contributed by atoms with E-state index in [0.717, 1.165) is 5.56 Å². The minimum absolute atomic E-state index is 0.299. The largest absolute Gasteiger partial charge is 0.466 e. The highest BCUT2D eigenvalue weighted by molar-refractivity contribution is 6.30. The number of halogens is 1. The lowest BCUT2D eigenvalue weighted by Gasteiger charge is -2.12. The monoisotopic (exact) mass is 303 g/mol. The number of hydrogen-bond donors (Lipinski definition) is 0. The Kier molecular flexibility index (Phi) is 5.35. The van der Waals surface area contributed by atoms with Crippen molar-refractivity contribution in [2.75, 3.05) is 7.11 Å². The van der Waals surface area contributed by atoms with Gasteiger partial charge in [0.25, 0.3) is 0 Å². The molecule has 0 aliphatic carbocycles. The number of pyridine rings is 1. The number of benzene rings is 1. The summed E-state index contributed by atoms with van der Waals surface area (Å²) < 4.78 is 10.2. The van der Waals surface area contributed by atoms with Crippen LogP contribution in [0.25, 0.3) is 6.08 Å². The van der Waals surface area contributed by atoms with Crippen LogP contribution in [0.4, 0.5) is 0 Å². The molecule has 0 saturated heterocycles. The number of rotatable bonds is 5. The molecule has 108 valence electrons. The molecule has 0 aliphatic rings. The summed E-state index contributed by atoms with van der Waals surface area (Å²) >= 11 is 5.76. The maximum Gasteiger partial charge on any atom is 0.351 e. The summed E-state index contributed by atoms with van der Waals surface area (Å²) in [5, 5.41) is 0.497. The fourth-order valence-electron chi connectivity index (χ4n) is 1.61. The number of esters is 1. The molecule has 1 aromatic heterocycles. The van der Waals surface area contributed by atoms with E-state index in [1.54, 1.807) is 24.3 Å². The zero-order valence-corrected chi connectivity index (χ0v) is 12.2. The van der Waals surface area contributed by atoms with Crippen LogP contribution in [-0.2, 0) is 9.53 Å². The predicted octanol–water partition coefficient (Wildman–Crippen LogP) is 3.37. The Morgan fingerprint density at radius 2 is 2.00 bits per heavy atom. The molecular weight excluding hydrogens is 290 g/mol. The van der Waals surface area contributed by atoms with Crippen molar-refractivity contribution in [1.82, 2.24) is 4.98 Å². The molecule has 2 aromatic rings. The third-order valence-corrected chi connectivity index (χ3v) is 2.87. The van der Waals surface area contributed by atoms with Gasteiger partial charge in [0.05, 0.1) is 12.1 Å². The maximum atomic E-state index is 11.8. The predicted molar refractivity (Wildman–Crippen MR) is 81.2 cm³/mol. The van der Waals surface area contributed by atoms with Crippen LogP contribution in [0.3, 0.4) is 0 Å². The van der Waals surface area contributed by atoms with E-state index in [-0.39, 0.29) is 0 Å². The van der Waals surface area contributed by atoms with Crippen molar-refractivity contribution >= 4 is 23.6 Å². The van der Waals surface area contributed by atoms with Crippen LogP contribution in [0.15, 0.2) is 54.7 Å². The van der Waals surface area contributed by atoms with E-state index in [9.17, 15) is 4.79 Å². The Balaban J connectivity index is 2.13. The zero-order chi connectivity index (χ0) is 15.1. The van der Waals surface area contributed by atoms with Gasteiger partial charge < -0.3 is 9.47 Å². The molecule has 0 fully saturated rings. The van der Waals surface area contributed by atoms with E-state index in [1.807, 2.05) is 30.3 Å². The normalized spacial score (nSPS) is 12.1. The van der Waals surface area contributed by atoms with Crippen LogP contribution in [0.2, 0.25) is 5.02 Å². The van der Waals surface area contributed by atoms with Gasteiger partial charge in [0.15, 0.2) is 0 Å². The SMILES string of the molecule is COC(=O)C(/C=C/c1ccccc1)Oc1ccc(Cl)cn1. The van der Waals surface area contributed by atoms with Crippen LogP contribution < -0.4 is 4.74 Å². The summed E-state index contributed by atoms with van der Waals surface area (Å²) in [5.41, 5.74) is 0.957. The van der Waals surface area contributed by atoms with Crippen molar-refractivity contribution in [1.29, 1.82) is 0 Å². The molecule has 0 spiro atoms. The molecule has 1 aromatic carbocycles. The van der Waals surface area contributed by atoms with Gasteiger partial charge in [-0.15, -0.1) is 0 Å². The Bertz CT molecular complexity index is 611. The van der Waals surface area contributed by atoms with Crippen molar-refractivity contribution in [2.45, 2.75) is 6.10 Å². The van der Waals surface area contributed by atoms with E-state index in [1.165, 1.54) is 13.3 Å². The molecule has 0 amide bonds. The number of hydrogen-bond acceptors (Lipinski definition) is 4. The first-order chi connectivity index (χ1) is 10.2. The van der Waals surface area contributed by atoms with Crippen molar-refractivity contribution in [3.8, 4) is 5.88 Å². The van der Waals surface area contributed by atoms with Crippen LogP contribution in [-0.4, -0.2) is 24.2 Å². The van der Waals surface area contributed by atoms with E-state index in [0.29, 0.717) is 10.9 Å². The van der Waals surface area contributed by atoms with Gasteiger partial charge in [-0.3, -0.25) is 0 Å². The zero-order valence-electron chi connectivity index (χ0n) is 11.4. The number of methoxy groups -OCH3 is 1. The summed E-state index contributed by atoms with van der Waals surface area (Å²) in [6.45, 7) is 0. The van der Waals surface area contributed by atoms with Gasteiger partial charge in [0.2, 0.25) is 12.0 Å². The number of nitrogens with zero attached hydrogens (tertiary/aromatic N) is 1. The van der Waals surface area contributed by atoms with Crippen LogP contribution in [0, 0.1) is 0 Å². The average Bonchev–Trinajstić information content (AvgIpc) is 2.53.